The SMILES string of the molecule is O=C1CCN(c2cccc(Cl)c2Cl)C(=O)CN1. The zero-order valence-corrected chi connectivity index (χ0v) is 10.4. The third-order valence-electron chi connectivity index (χ3n) is 2.52. The van der Waals surface area contributed by atoms with Crippen LogP contribution in [0.4, 0.5) is 5.69 Å². The Morgan fingerprint density at radius 2 is 2.00 bits per heavy atom. The molecule has 4 nitrogen and oxygen atoms in total. The van der Waals surface area contributed by atoms with Gasteiger partial charge >= 0.3 is 0 Å². The molecule has 2 amide bonds. The van der Waals surface area contributed by atoms with Crippen LogP contribution in [-0.2, 0) is 9.59 Å². The Labute approximate surface area is 108 Å². The number of hydrogen-bond donors (Lipinski definition) is 1. The van der Waals surface area contributed by atoms with E-state index in [-0.39, 0.29) is 24.8 Å². The molecule has 1 aliphatic rings. The van der Waals surface area contributed by atoms with Gasteiger partial charge in [0.2, 0.25) is 11.8 Å². The molecule has 1 heterocycles. The van der Waals surface area contributed by atoms with Crippen LogP contribution >= 0.6 is 23.2 Å². The molecule has 0 unspecified atom stereocenters. The molecule has 1 N–H and O–H groups in total. The summed E-state index contributed by atoms with van der Waals surface area (Å²) in [6.07, 6.45) is 0.259. The first kappa shape index (κ1) is 12.2. The zero-order chi connectivity index (χ0) is 12.4. The predicted octanol–water partition coefficient (Wildman–Crippen LogP) is 1.85. The van der Waals surface area contributed by atoms with Crippen molar-refractivity contribution in [3.05, 3.63) is 28.2 Å². The minimum absolute atomic E-state index is 0.0122. The number of carbonyl (C=O) groups is 2. The molecule has 6 heteroatoms. The Morgan fingerprint density at radius 3 is 2.76 bits per heavy atom. The second kappa shape index (κ2) is 4.94. The van der Waals surface area contributed by atoms with Gasteiger partial charge in [-0.3, -0.25) is 9.59 Å². The molecule has 0 aromatic heterocycles. The van der Waals surface area contributed by atoms with E-state index < -0.39 is 0 Å². The van der Waals surface area contributed by atoms with Gasteiger partial charge in [-0.1, -0.05) is 29.3 Å². The van der Waals surface area contributed by atoms with Crippen LogP contribution in [-0.4, -0.2) is 24.9 Å². The third-order valence-corrected chi connectivity index (χ3v) is 3.33. The van der Waals surface area contributed by atoms with Gasteiger partial charge in [0.25, 0.3) is 0 Å². The van der Waals surface area contributed by atoms with Crippen LogP contribution < -0.4 is 10.2 Å². The van der Waals surface area contributed by atoms with Gasteiger partial charge in [-0.2, -0.15) is 0 Å². The van der Waals surface area contributed by atoms with Crippen molar-refractivity contribution in [2.45, 2.75) is 6.42 Å². The normalized spacial score (nSPS) is 16.7. The van der Waals surface area contributed by atoms with Gasteiger partial charge in [-0.15, -0.1) is 0 Å². The summed E-state index contributed by atoms with van der Waals surface area (Å²) in [6.45, 7) is 0.298. The number of anilines is 1. The van der Waals surface area contributed by atoms with Crippen molar-refractivity contribution in [1.82, 2.24) is 5.32 Å². The molecule has 1 aliphatic heterocycles. The summed E-state index contributed by atoms with van der Waals surface area (Å²) in [5.41, 5.74) is 0.542. The van der Waals surface area contributed by atoms with E-state index in [1.54, 1.807) is 18.2 Å². The lowest BCUT2D eigenvalue weighted by molar-refractivity contribution is -0.123. The third kappa shape index (κ3) is 2.53. The van der Waals surface area contributed by atoms with Crippen LogP contribution in [0.25, 0.3) is 0 Å². The monoisotopic (exact) mass is 272 g/mol. The van der Waals surface area contributed by atoms with Gasteiger partial charge < -0.3 is 10.2 Å². The fourth-order valence-corrected chi connectivity index (χ4v) is 2.05. The second-order valence-corrected chi connectivity index (χ2v) is 4.43. The summed E-state index contributed by atoms with van der Waals surface area (Å²) in [5, 5.41) is 3.24. The molecular weight excluding hydrogens is 263 g/mol. The van der Waals surface area contributed by atoms with Crippen molar-refractivity contribution >= 4 is 40.7 Å². The van der Waals surface area contributed by atoms with E-state index in [0.29, 0.717) is 22.3 Å². The van der Waals surface area contributed by atoms with Gasteiger partial charge in [-0.25, -0.2) is 0 Å². The maximum Gasteiger partial charge on any atom is 0.246 e. The van der Waals surface area contributed by atoms with Crippen molar-refractivity contribution in [3.63, 3.8) is 0 Å². The Hall–Kier alpha value is -1.26. The molecule has 0 aliphatic carbocycles. The number of halogens is 2. The number of amides is 2. The van der Waals surface area contributed by atoms with Crippen LogP contribution in [0.15, 0.2) is 18.2 Å². The van der Waals surface area contributed by atoms with Crippen LogP contribution in [0.1, 0.15) is 6.42 Å². The van der Waals surface area contributed by atoms with Crippen molar-refractivity contribution in [2.75, 3.05) is 18.0 Å². The second-order valence-electron chi connectivity index (χ2n) is 3.65. The Morgan fingerprint density at radius 1 is 1.24 bits per heavy atom. The summed E-state index contributed by atoms with van der Waals surface area (Å²) in [5.74, 6) is -0.334. The highest BCUT2D eigenvalue weighted by atomic mass is 35.5. The first-order chi connectivity index (χ1) is 8.09. The van der Waals surface area contributed by atoms with E-state index in [0.717, 1.165) is 0 Å². The van der Waals surface area contributed by atoms with Crippen LogP contribution in [0, 0.1) is 0 Å². The first-order valence-corrected chi connectivity index (χ1v) is 5.86. The molecule has 0 saturated carbocycles. The van der Waals surface area contributed by atoms with Crippen LogP contribution in [0.5, 0.6) is 0 Å². The molecule has 0 bridgehead atoms. The van der Waals surface area contributed by atoms with E-state index in [9.17, 15) is 9.59 Å². The molecule has 1 aromatic carbocycles. The van der Waals surface area contributed by atoms with Gasteiger partial charge in [0.1, 0.15) is 0 Å². The molecular formula is C11H10Cl2N2O2. The van der Waals surface area contributed by atoms with Gasteiger partial charge in [0, 0.05) is 13.0 Å². The van der Waals surface area contributed by atoms with Crippen LogP contribution in [0.2, 0.25) is 10.0 Å². The van der Waals surface area contributed by atoms with E-state index in [1.807, 2.05) is 0 Å². The summed E-state index contributed by atoms with van der Waals surface area (Å²) >= 11 is 11.9. The van der Waals surface area contributed by atoms with Gasteiger partial charge in [-0.05, 0) is 12.1 Å². The quantitative estimate of drug-likeness (QED) is 0.848. The fourth-order valence-electron chi connectivity index (χ4n) is 1.65. The number of benzene rings is 1. The summed E-state index contributed by atoms with van der Waals surface area (Å²) < 4.78 is 0. The number of carbonyl (C=O) groups excluding carboxylic acids is 2. The minimum Gasteiger partial charge on any atom is -0.347 e. The Bertz CT molecular complexity index is 477. The summed E-state index contributed by atoms with van der Waals surface area (Å²) in [6, 6.07) is 5.08. The van der Waals surface area contributed by atoms with Crippen molar-refractivity contribution in [2.24, 2.45) is 0 Å². The van der Waals surface area contributed by atoms with Crippen molar-refractivity contribution < 1.29 is 9.59 Å². The highest BCUT2D eigenvalue weighted by Gasteiger charge is 2.23. The van der Waals surface area contributed by atoms with E-state index in [4.69, 9.17) is 23.2 Å². The Kier molecular flexibility index (Phi) is 3.54. The van der Waals surface area contributed by atoms with Gasteiger partial charge in [0.05, 0.1) is 22.3 Å². The van der Waals surface area contributed by atoms with Gasteiger partial charge in [0.15, 0.2) is 0 Å². The van der Waals surface area contributed by atoms with Crippen LogP contribution in [0.3, 0.4) is 0 Å². The molecule has 17 heavy (non-hydrogen) atoms. The maximum absolute atomic E-state index is 11.8. The topological polar surface area (TPSA) is 49.4 Å². The number of rotatable bonds is 1. The average Bonchev–Trinajstić information content (AvgIpc) is 2.46. The molecule has 0 atom stereocenters. The van der Waals surface area contributed by atoms with E-state index in [1.165, 1.54) is 4.90 Å². The maximum atomic E-state index is 11.8. The molecule has 0 spiro atoms. The highest BCUT2D eigenvalue weighted by molar-refractivity contribution is 6.44. The summed E-state index contributed by atoms with van der Waals surface area (Å²) in [7, 11) is 0. The smallest absolute Gasteiger partial charge is 0.246 e. The lowest BCUT2D eigenvalue weighted by Crippen LogP contribution is -2.35. The molecule has 1 fully saturated rings. The minimum atomic E-state index is -0.194. The largest absolute Gasteiger partial charge is 0.347 e. The lowest BCUT2D eigenvalue weighted by Gasteiger charge is -2.21. The number of nitrogens with one attached hydrogen (secondary N) is 1. The fraction of sp³-hybridized carbons (Fsp3) is 0.273. The molecule has 2 rings (SSSR count). The predicted molar refractivity (Wildman–Crippen MR) is 66.4 cm³/mol. The molecule has 1 aromatic rings. The highest BCUT2D eigenvalue weighted by Crippen LogP contribution is 2.32. The molecule has 0 radical (unpaired) electrons. The Balaban J connectivity index is 2.34. The molecule has 1 saturated heterocycles. The average molecular weight is 273 g/mol. The zero-order valence-electron chi connectivity index (χ0n) is 8.87. The summed E-state index contributed by atoms with van der Waals surface area (Å²) in [4.78, 5) is 24.5. The number of hydrogen-bond acceptors (Lipinski definition) is 2. The lowest BCUT2D eigenvalue weighted by atomic mass is 10.2. The molecule has 90 valence electrons. The van der Waals surface area contributed by atoms with Crippen molar-refractivity contribution in [1.29, 1.82) is 0 Å². The van der Waals surface area contributed by atoms with Crippen molar-refractivity contribution in [3.8, 4) is 0 Å². The standard InChI is InChI=1S/C11H10Cl2N2O2/c12-7-2-1-3-8(11(7)13)15-5-4-9(16)14-6-10(15)17/h1-3H,4-6H2,(H,14,16). The number of nitrogens with zero attached hydrogens (tertiary/aromatic N) is 1. The first-order valence-electron chi connectivity index (χ1n) is 5.10. The van der Waals surface area contributed by atoms with E-state index in [2.05, 4.69) is 5.32 Å². The van der Waals surface area contributed by atoms with E-state index >= 15 is 0 Å².